The first kappa shape index (κ1) is 16.1. The minimum Gasteiger partial charge on any atom is -0.298 e. The number of aldehydes is 1. The fourth-order valence-corrected chi connectivity index (χ4v) is 2.27. The van der Waals surface area contributed by atoms with Gasteiger partial charge in [0, 0.05) is 11.1 Å². The van der Waals surface area contributed by atoms with Crippen LogP contribution in [0.1, 0.15) is 16.1 Å². The first-order chi connectivity index (χ1) is 9.72. The Morgan fingerprint density at radius 3 is 2.14 bits per heavy atom. The average Bonchev–Trinajstić information content (AvgIpc) is 2.41. The molecule has 0 radical (unpaired) electrons. The zero-order chi connectivity index (χ0) is 15.8. The molecule has 0 aliphatic rings. The molecule has 0 atom stereocenters. The van der Waals surface area contributed by atoms with Crippen LogP contribution in [0.4, 0.5) is 13.2 Å². The van der Waals surface area contributed by atoms with Crippen LogP contribution in [0.15, 0.2) is 24.3 Å². The highest BCUT2D eigenvalue weighted by Gasteiger charge is 2.33. The van der Waals surface area contributed by atoms with Crippen molar-refractivity contribution in [2.24, 2.45) is 0 Å². The van der Waals surface area contributed by atoms with Crippen LogP contribution in [0.3, 0.4) is 0 Å². The van der Waals surface area contributed by atoms with Crippen molar-refractivity contribution >= 4 is 41.1 Å². The molecule has 0 spiro atoms. The van der Waals surface area contributed by atoms with E-state index in [4.69, 9.17) is 34.8 Å². The Bertz CT molecular complexity index is 717. The maximum atomic E-state index is 12.8. The Hall–Kier alpha value is -1.30. The number of hydrogen-bond donors (Lipinski definition) is 0. The van der Waals surface area contributed by atoms with Gasteiger partial charge in [-0.05, 0) is 24.3 Å². The standard InChI is InChI=1S/C13H5Cl3F3NO/c14-8-4-10(16)9(15)3-7(8)11-1-6(5-21)2-12(20-11)13(17,18)19/h1-5H. The molecule has 0 unspecified atom stereocenters. The van der Waals surface area contributed by atoms with E-state index in [1.165, 1.54) is 18.2 Å². The average molecular weight is 355 g/mol. The smallest absolute Gasteiger partial charge is 0.298 e. The predicted molar refractivity (Wildman–Crippen MR) is 75.1 cm³/mol. The van der Waals surface area contributed by atoms with E-state index >= 15 is 0 Å². The normalized spacial score (nSPS) is 11.5. The van der Waals surface area contributed by atoms with E-state index in [1.54, 1.807) is 0 Å². The third-order valence-electron chi connectivity index (χ3n) is 2.56. The molecule has 0 aliphatic carbocycles. The lowest BCUT2D eigenvalue weighted by molar-refractivity contribution is -0.141. The molecule has 1 heterocycles. The molecule has 1 aromatic carbocycles. The van der Waals surface area contributed by atoms with E-state index < -0.39 is 11.9 Å². The molecule has 0 bridgehead atoms. The third-order valence-corrected chi connectivity index (χ3v) is 3.59. The molecular weight excluding hydrogens is 350 g/mol. The third kappa shape index (κ3) is 3.48. The van der Waals surface area contributed by atoms with E-state index in [-0.39, 0.29) is 31.9 Å². The SMILES string of the molecule is O=Cc1cc(-c2cc(Cl)c(Cl)cc2Cl)nc(C(F)(F)F)c1. The minimum atomic E-state index is -4.68. The summed E-state index contributed by atoms with van der Waals surface area (Å²) in [6.07, 6.45) is -4.39. The molecule has 2 nitrogen and oxygen atoms in total. The molecule has 0 fully saturated rings. The number of rotatable bonds is 2. The van der Waals surface area contributed by atoms with Crippen molar-refractivity contribution in [3.63, 3.8) is 0 Å². The van der Waals surface area contributed by atoms with Crippen LogP contribution in [0.25, 0.3) is 11.3 Å². The van der Waals surface area contributed by atoms with Crippen molar-refractivity contribution < 1.29 is 18.0 Å². The van der Waals surface area contributed by atoms with E-state index in [9.17, 15) is 18.0 Å². The van der Waals surface area contributed by atoms with Crippen LogP contribution in [0, 0.1) is 0 Å². The lowest BCUT2D eigenvalue weighted by Crippen LogP contribution is -2.09. The number of aromatic nitrogens is 1. The van der Waals surface area contributed by atoms with Crippen molar-refractivity contribution in [2.45, 2.75) is 6.18 Å². The van der Waals surface area contributed by atoms with Crippen LogP contribution in [-0.4, -0.2) is 11.3 Å². The topological polar surface area (TPSA) is 30.0 Å². The van der Waals surface area contributed by atoms with Gasteiger partial charge in [0.05, 0.1) is 20.8 Å². The summed E-state index contributed by atoms with van der Waals surface area (Å²) in [5.41, 5.74) is -1.32. The minimum absolute atomic E-state index is 0.0769. The number of carbonyl (C=O) groups is 1. The van der Waals surface area contributed by atoms with Crippen LogP contribution >= 0.6 is 34.8 Å². The van der Waals surface area contributed by atoms with Crippen molar-refractivity contribution in [3.05, 3.63) is 50.6 Å². The molecule has 0 aliphatic heterocycles. The Morgan fingerprint density at radius 2 is 1.57 bits per heavy atom. The van der Waals surface area contributed by atoms with Crippen molar-refractivity contribution in [2.75, 3.05) is 0 Å². The summed E-state index contributed by atoms with van der Waals surface area (Å²) in [7, 11) is 0. The Labute approximate surface area is 132 Å². The molecule has 21 heavy (non-hydrogen) atoms. The molecular formula is C13H5Cl3F3NO. The fraction of sp³-hybridized carbons (Fsp3) is 0.0769. The van der Waals surface area contributed by atoms with Gasteiger partial charge < -0.3 is 0 Å². The fourth-order valence-electron chi connectivity index (χ4n) is 1.62. The first-order valence-corrected chi connectivity index (χ1v) is 6.55. The number of halogens is 6. The summed E-state index contributed by atoms with van der Waals surface area (Å²) in [5, 5.41) is 0.351. The van der Waals surface area contributed by atoms with Crippen LogP contribution in [0.2, 0.25) is 15.1 Å². The Kier molecular flexibility index (Phi) is 4.46. The van der Waals surface area contributed by atoms with Crippen LogP contribution in [-0.2, 0) is 6.18 Å². The number of benzene rings is 1. The predicted octanol–water partition coefficient (Wildman–Crippen LogP) is 5.54. The molecule has 1 aromatic heterocycles. The van der Waals surface area contributed by atoms with E-state index in [2.05, 4.69) is 4.98 Å². The van der Waals surface area contributed by atoms with Gasteiger partial charge in [0.25, 0.3) is 0 Å². The summed E-state index contributed by atoms with van der Waals surface area (Å²) in [4.78, 5) is 14.3. The zero-order valence-corrected chi connectivity index (χ0v) is 12.3. The Balaban J connectivity index is 2.69. The van der Waals surface area contributed by atoms with E-state index in [0.29, 0.717) is 12.4 Å². The van der Waals surface area contributed by atoms with Crippen LogP contribution in [0.5, 0.6) is 0 Å². The maximum Gasteiger partial charge on any atom is 0.433 e. The van der Waals surface area contributed by atoms with Crippen molar-refractivity contribution in [3.8, 4) is 11.3 Å². The number of carbonyl (C=O) groups excluding carboxylic acids is 1. The number of nitrogens with zero attached hydrogens (tertiary/aromatic N) is 1. The summed E-state index contributed by atoms with van der Waals surface area (Å²) in [5.74, 6) is 0. The lowest BCUT2D eigenvalue weighted by atomic mass is 10.1. The summed E-state index contributed by atoms with van der Waals surface area (Å²) in [6, 6.07) is 4.43. The maximum absolute atomic E-state index is 12.8. The second-order valence-electron chi connectivity index (χ2n) is 4.03. The summed E-state index contributed by atoms with van der Waals surface area (Å²) >= 11 is 17.5. The highest BCUT2D eigenvalue weighted by atomic mass is 35.5. The second-order valence-corrected chi connectivity index (χ2v) is 5.25. The van der Waals surface area contributed by atoms with E-state index in [0.717, 1.165) is 0 Å². The lowest BCUT2D eigenvalue weighted by Gasteiger charge is -2.11. The molecule has 0 saturated carbocycles. The van der Waals surface area contributed by atoms with E-state index in [1.807, 2.05) is 0 Å². The van der Waals surface area contributed by atoms with Crippen molar-refractivity contribution in [1.82, 2.24) is 4.98 Å². The van der Waals surface area contributed by atoms with Gasteiger partial charge in [-0.2, -0.15) is 13.2 Å². The first-order valence-electron chi connectivity index (χ1n) is 5.41. The number of pyridine rings is 1. The molecule has 0 N–H and O–H groups in total. The highest BCUT2D eigenvalue weighted by molar-refractivity contribution is 6.44. The molecule has 110 valence electrons. The summed E-state index contributed by atoms with van der Waals surface area (Å²) in [6.45, 7) is 0. The molecule has 2 aromatic rings. The van der Waals surface area contributed by atoms with Gasteiger partial charge in [-0.25, -0.2) is 4.98 Å². The quantitative estimate of drug-likeness (QED) is 0.523. The van der Waals surface area contributed by atoms with Gasteiger partial charge in [-0.3, -0.25) is 4.79 Å². The second kappa shape index (κ2) is 5.83. The molecule has 0 amide bonds. The highest BCUT2D eigenvalue weighted by Crippen LogP contribution is 2.36. The number of hydrogen-bond acceptors (Lipinski definition) is 2. The van der Waals surface area contributed by atoms with Crippen LogP contribution < -0.4 is 0 Å². The van der Waals surface area contributed by atoms with Gasteiger partial charge in [-0.15, -0.1) is 0 Å². The zero-order valence-electron chi connectivity index (χ0n) is 10.0. The van der Waals surface area contributed by atoms with Gasteiger partial charge in [-0.1, -0.05) is 34.8 Å². The van der Waals surface area contributed by atoms with Gasteiger partial charge in [0.1, 0.15) is 12.0 Å². The van der Waals surface area contributed by atoms with Gasteiger partial charge in [0.15, 0.2) is 0 Å². The Morgan fingerprint density at radius 1 is 0.952 bits per heavy atom. The van der Waals surface area contributed by atoms with Crippen molar-refractivity contribution in [1.29, 1.82) is 0 Å². The summed E-state index contributed by atoms with van der Waals surface area (Å²) < 4.78 is 38.4. The largest absolute Gasteiger partial charge is 0.433 e. The van der Waals surface area contributed by atoms with Gasteiger partial charge in [0.2, 0.25) is 0 Å². The molecule has 0 saturated heterocycles. The monoisotopic (exact) mass is 353 g/mol. The number of alkyl halides is 3. The molecule has 2 rings (SSSR count). The van der Waals surface area contributed by atoms with Gasteiger partial charge >= 0.3 is 6.18 Å². The molecule has 8 heteroatoms.